The summed E-state index contributed by atoms with van der Waals surface area (Å²) >= 11 is 5.27. The van der Waals surface area contributed by atoms with Gasteiger partial charge in [-0.25, -0.2) is 0 Å². The highest BCUT2D eigenvalue weighted by atomic mass is 79.9. The molecule has 0 N–H and O–H groups in total. The molecule has 0 amide bonds. The normalized spacial score (nSPS) is 10.8. The van der Waals surface area contributed by atoms with Gasteiger partial charge in [0, 0.05) is 15.9 Å². The van der Waals surface area contributed by atoms with Crippen molar-refractivity contribution in [2.24, 2.45) is 0 Å². The molecule has 1 aromatic heterocycles. The molecule has 0 spiro atoms. The number of nitrogens with zero attached hydrogens (tertiary/aromatic N) is 3. The van der Waals surface area contributed by atoms with Crippen molar-refractivity contribution in [1.82, 2.24) is 14.8 Å². The number of aromatic nitrogens is 3. The lowest BCUT2D eigenvalue weighted by Gasteiger charge is -2.08. The molecule has 3 nitrogen and oxygen atoms in total. The third-order valence-electron chi connectivity index (χ3n) is 3.12. The van der Waals surface area contributed by atoms with E-state index in [4.69, 9.17) is 0 Å². The van der Waals surface area contributed by atoms with Crippen molar-refractivity contribution >= 4 is 27.7 Å². The SMILES string of the molecule is Cc1nnc(SCc2ccccc2Br)n1-c1ccccc1. The molecule has 0 bridgehead atoms. The van der Waals surface area contributed by atoms with Crippen LogP contribution in [0.4, 0.5) is 0 Å². The van der Waals surface area contributed by atoms with Gasteiger partial charge in [-0.05, 0) is 30.7 Å². The molecule has 3 rings (SSSR count). The third-order valence-corrected chi connectivity index (χ3v) is 4.88. The molecule has 2 aromatic carbocycles. The fourth-order valence-corrected chi connectivity index (χ4v) is 3.68. The van der Waals surface area contributed by atoms with E-state index in [2.05, 4.69) is 55.0 Å². The highest BCUT2D eigenvalue weighted by Gasteiger charge is 2.11. The van der Waals surface area contributed by atoms with Crippen LogP contribution < -0.4 is 0 Å². The Kier molecular flexibility index (Phi) is 4.41. The second-order valence-corrected chi connectivity index (χ2v) is 6.38. The topological polar surface area (TPSA) is 30.7 Å². The second kappa shape index (κ2) is 6.45. The number of hydrogen-bond acceptors (Lipinski definition) is 3. The maximum atomic E-state index is 4.30. The molecule has 0 aliphatic rings. The van der Waals surface area contributed by atoms with Gasteiger partial charge in [0.1, 0.15) is 5.82 Å². The molecule has 106 valence electrons. The van der Waals surface area contributed by atoms with Crippen molar-refractivity contribution < 1.29 is 0 Å². The lowest BCUT2D eigenvalue weighted by Crippen LogP contribution is -1.99. The van der Waals surface area contributed by atoms with Crippen LogP contribution in [0.25, 0.3) is 5.69 Å². The predicted octanol–water partition coefficient (Wildman–Crippen LogP) is 4.63. The van der Waals surface area contributed by atoms with Crippen LogP contribution in [0.5, 0.6) is 0 Å². The summed E-state index contributed by atoms with van der Waals surface area (Å²) in [4.78, 5) is 0. The van der Waals surface area contributed by atoms with E-state index in [1.165, 1.54) is 5.56 Å². The van der Waals surface area contributed by atoms with Crippen LogP contribution >= 0.6 is 27.7 Å². The Morgan fingerprint density at radius 3 is 2.48 bits per heavy atom. The molecule has 0 fully saturated rings. The van der Waals surface area contributed by atoms with Gasteiger partial charge in [0.15, 0.2) is 5.16 Å². The van der Waals surface area contributed by atoms with Gasteiger partial charge in [-0.1, -0.05) is 64.1 Å². The van der Waals surface area contributed by atoms with E-state index >= 15 is 0 Å². The van der Waals surface area contributed by atoms with E-state index in [0.717, 1.165) is 26.9 Å². The summed E-state index contributed by atoms with van der Waals surface area (Å²) in [6.45, 7) is 1.97. The standard InChI is InChI=1S/C16H14BrN3S/c1-12-18-19-16(20(12)14-8-3-2-4-9-14)21-11-13-7-5-6-10-15(13)17/h2-10H,11H2,1H3. The van der Waals surface area contributed by atoms with Gasteiger partial charge in [0.25, 0.3) is 0 Å². The largest absolute Gasteiger partial charge is 0.274 e. The molecule has 0 radical (unpaired) electrons. The van der Waals surface area contributed by atoms with Crippen LogP contribution in [0.1, 0.15) is 11.4 Å². The Hall–Kier alpha value is -1.59. The number of rotatable bonds is 4. The van der Waals surface area contributed by atoms with E-state index in [1.807, 2.05) is 37.3 Å². The number of para-hydroxylation sites is 1. The first-order valence-corrected chi connectivity index (χ1v) is 8.37. The fourth-order valence-electron chi connectivity index (χ4n) is 2.07. The average molecular weight is 360 g/mol. The van der Waals surface area contributed by atoms with Crippen molar-refractivity contribution in [1.29, 1.82) is 0 Å². The summed E-state index contributed by atoms with van der Waals surface area (Å²) in [5, 5.41) is 9.42. The zero-order valence-corrected chi connectivity index (χ0v) is 13.9. The van der Waals surface area contributed by atoms with Gasteiger partial charge in [-0.15, -0.1) is 10.2 Å². The van der Waals surface area contributed by atoms with Crippen molar-refractivity contribution in [2.75, 3.05) is 0 Å². The van der Waals surface area contributed by atoms with Crippen LogP contribution in [0.3, 0.4) is 0 Å². The number of benzene rings is 2. The zero-order chi connectivity index (χ0) is 14.7. The highest BCUT2D eigenvalue weighted by Crippen LogP contribution is 2.27. The Morgan fingerprint density at radius 2 is 1.71 bits per heavy atom. The first-order valence-electron chi connectivity index (χ1n) is 6.59. The summed E-state index contributed by atoms with van der Waals surface area (Å²) < 4.78 is 3.21. The first kappa shape index (κ1) is 14.4. The fraction of sp³-hybridized carbons (Fsp3) is 0.125. The molecule has 0 saturated heterocycles. The van der Waals surface area contributed by atoms with Gasteiger partial charge in [0.2, 0.25) is 0 Å². The number of hydrogen-bond donors (Lipinski definition) is 0. The lowest BCUT2D eigenvalue weighted by atomic mass is 10.2. The summed E-state index contributed by atoms with van der Waals surface area (Å²) in [6.07, 6.45) is 0. The van der Waals surface area contributed by atoms with Gasteiger partial charge in [-0.2, -0.15) is 0 Å². The molecule has 3 aromatic rings. The molecular formula is C16H14BrN3S. The van der Waals surface area contributed by atoms with Gasteiger partial charge in [-0.3, -0.25) is 4.57 Å². The minimum absolute atomic E-state index is 0.854. The number of halogens is 1. The van der Waals surface area contributed by atoms with Crippen molar-refractivity contribution in [3.8, 4) is 5.69 Å². The van der Waals surface area contributed by atoms with Crippen molar-refractivity contribution in [3.05, 3.63) is 70.5 Å². The van der Waals surface area contributed by atoms with E-state index < -0.39 is 0 Å². The number of aryl methyl sites for hydroxylation is 1. The van der Waals surface area contributed by atoms with E-state index in [-0.39, 0.29) is 0 Å². The Balaban J connectivity index is 1.86. The first-order chi connectivity index (χ1) is 10.3. The van der Waals surface area contributed by atoms with E-state index in [9.17, 15) is 0 Å². The predicted molar refractivity (Wildman–Crippen MR) is 89.8 cm³/mol. The average Bonchev–Trinajstić information content (AvgIpc) is 2.88. The van der Waals surface area contributed by atoms with Crippen molar-refractivity contribution in [2.45, 2.75) is 17.8 Å². The third kappa shape index (κ3) is 3.19. The van der Waals surface area contributed by atoms with Gasteiger partial charge in [0.05, 0.1) is 0 Å². The van der Waals surface area contributed by atoms with E-state index in [1.54, 1.807) is 11.8 Å². The molecule has 0 aliphatic carbocycles. The molecular weight excluding hydrogens is 346 g/mol. The van der Waals surface area contributed by atoms with Crippen LogP contribution in [0.15, 0.2) is 64.2 Å². The van der Waals surface area contributed by atoms with Crippen molar-refractivity contribution in [3.63, 3.8) is 0 Å². The van der Waals surface area contributed by atoms with Gasteiger partial charge >= 0.3 is 0 Å². The minimum atomic E-state index is 0.854. The molecule has 1 heterocycles. The lowest BCUT2D eigenvalue weighted by molar-refractivity contribution is 0.868. The Morgan fingerprint density at radius 1 is 1.00 bits per heavy atom. The van der Waals surface area contributed by atoms with Crippen LogP contribution in [0.2, 0.25) is 0 Å². The summed E-state index contributed by atoms with van der Waals surface area (Å²) in [5.41, 5.74) is 2.34. The Labute approximate surface area is 136 Å². The molecule has 0 unspecified atom stereocenters. The van der Waals surface area contributed by atoms with Crippen LogP contribution in [-0.4, -0.2) is 14.8 Å². The smallest absolute Gasteiger partial charge is 0.196 e. The van der Waals surface area contributed by atoms with Crippen LogP contribution in [-0.2, 0) is 5.75 Å². The van der Waals surface area contributed by atoms with Crippen LogP contribution in [0, 0.1) is 6.92 Å². The minimum Gasteiger partial charge on any atom is -0.274 e. The maximum absolute atomic E-state index is 4.30. The second-order valence-electron chi connectivity index (χ2n) is 4.58. The maximum Gasteiger partial charge on any atom is 0.196 e. The monoisotopic (exact) mass is 359 g/mol. The molecule has 0 aliphatic heterocycles. The zero-order valence-electron chi connectivity index (χ0n) is 11.5. The summed E-state index contributed by atoms with van der Waals surface area (Å²) in [5.74, 6) is 1.75. The van der Waals surface area contributed by atoms with Gasteiger partial charge < -0.3 is 0 Å². The molecule has 21 heavy (non-hydrogen) atoms. The highest BCUT2D eigenvalue weighted by molar-refractivity contribution is 9.10. The Bertz CT molecular complexity index is 740. The quantitative estimate of drug-likeness (QED) is 0.636. The van der Waals surface area contributed by atoms with E-state index in [0.29, 0.717) is 0 Å². The summed E-state index contributed by atoms with van der Waals surface area (Å²) in [7, 11) is 0. The molecule has 0 atom stereocenters. The molecule has 0 saturated carbocycles. The summed E-state index contributed by atoms with van der Waals surface area (Å²) in [6, 6.07) is 18.4. The number of thioether (sulfide) groups is 1. The molecule has 5 heteroatoms.